The Morgan fingerprint density at radius 3 is 2.02 bits per heavy atom. The molecule has 7 aromatic carbocycles. The molecule has 0 aliphatic heterocycles. The van der Waals surface area contributed by atoms with E-state index in [4.69, 9.17) is 4.42 Å². The summed E-state index contributed by atoms with van der Waals surface area (Å²) in [5, 5.41) is 7.51. The lowest BCUT2D eigenvalue weighted by atomic mass is 9.95. The largest absolute Gasteiger partial charge is 0.455 e. The lowest BCUT2D eigenvalue weighted by Crippen LogP contribution is -1.93. The van der Waals surface area contributed by atoms with Crippen LogP contribution in [0.3, 0.4) is 0 Å². The van der Waals surface area contributed by atoms with Crippen LogP contribution < -0.4 is 0 Å². The molecule has 3 aromatic heterocycles. The number of thiophene rings is 1. The minimum absolute atomic E-state index is 0.913. The zero-order valence-corrected chi connectivity index (χ0v) is 25.0. The van der Waals surface area contributed by atoms with Gasteiger partial charge in [0.1, 0.15) is 11.2 Å². The molecule has 0 bridgehead atoms. The molecule has 0 unspecified atom stereocenters. The third kappa shape index (κ3) is 3.68. The van der Waals surface area contributed by atoms with Crippen LogP contribution in [-0.4, -0.2) is 4.57 Å². The molecule has 2 nitrogen and oxygen atoms in total. The molecule has 0 saturated carbocycles. The molecule has 0 radical (unpaired) electrons. The van der Waals surface area contributed by atoms with Crippen molar-refractivity contribution in [2.45, 2.75) is 0 Å². The third-order valence-electron chi connectivity index (χ3n) is 9.19. The highest BCUT2D eigenvalue weighted by molar-refractivity contribution is 7.25. The molecule has 3 heterocycles. The van der Waals surface area contributed by atoms with Crippen molar-refractivity contribution in [3.63, 3.8) is 0 Å². The van der Waals surface area contributed by atoms with Crippen molar-refractivity contribution in [2.75, 3.05) is 0 Å². The lowest BCUT2D eigenvalue weighted by Gasteiger charge is -2.11. The van der Waals surface area contributed by atoms with Crippen LogP contribution in [0, 0.1) is 0 Å². The molecule has 10 rings (SSSR count). The van der Waals surface area contributed by atoms with E-state index < -0.39 is 0 Å². The Balaban J connectivity index is 1.17. The second-order valence-electron chi connectivity index (χ2n) is 11.7. The predicted octanol–water partition coefficient (Wildman–Crippen LogP) is 12.4. The number of hydrogen-bond donors (Lipinski definition) is 0. The topological polar surface area (TPSA) is 18.1 Å². The summed E-state index contributed by atoms with van der Waals surface area (Å²) in [5.74, 6) is 0. The van der Waals surface area contributed by atoms with E-state index in [1.54, 1.807) is 0 Å². The maximum Gasteiger partial charge on any atom is 0.143 e. The van der Waals surface area contributed by atoms with Gasteiger partial charge in [0.05, 0.1) is 11.0 Å². The number of benzene rings is 7. The predicted molar refractivity (Wildman–Crippen MR) is 192 cm³/mol. The van der Waals surface area contributed by atoms with Crippen molar-refractivity contribution in [3.05, 3.63) is 152 Å². The summed E-state index contributed by atoms with van der Waals surface area (Å²) in [4.78, 5) is 0. The molecule has 3 heteroatoms. The number of para-hydroxylation sites is 2. The fraction of sp³-hybridized carbons (Fsp3) is 0. The van der Waals surface area contributed by atoms with Gasteiger partial charge in [-0.15, -0.1) is 11.3 Å². The normalized spacial score (nSPS) is 12.0. The molecule has 45 heavy (non-hydrogen) atoms. The first-order valence-electron chi connectivity index (χ1n) is 15.3. The number of furan rings is 1. The summed E-state index contributed by atoms with van der Waals surface area (Å²) in [6.45, 7) is 0. The Hall–Kier alpha value is -5.64. The molecule has 0 aliphatic rings. The summed E-state index contributed by atoms with van der Waals surface area (Å²) < 4.78 is 11.5. The van der Waals surface area contributed by atoms with Gasteiger partial charge < -0.3 is 8.98 Å². The van der Waals surface area contributed by atoms with Crippen molar-refractivity contribution in [2.24, 2.45) is 0 Å². The summed E-state index contributed by atoms with van der Waals surface area (Å²) in [7, 11) is 0. The maximum atomic E-state index is 6.43. The van der Waals surface area contributed by atoms with Gasteiger partial charge in [0.15, 0.2) is 0 Å². The fourth-order valence-corrected chi connectivity index (χ4v) is 8.22. The van der Waals surface area contributed by atoms with E-state index in [1.165, 1.54) is 53.1 Å². The molecule has 0 N–H and O–H groups in total. The van der Waals surface area contributed by atoms with Crippen LogP contribution in [0.2, 0.25) is 0 Å². The zero-order chi connectivity index (χ0) is 29.5. The highest BCUT2D eigenvalue weighted by Gasteiger charge is 2.17. The SMILES string of the molecule is c1ccc(-c2cc(-c3ccc(-n4c5ccccc5c5cc6c(cc54)sc4ccccc46)cc3)cc3c2oc2ccccc23)cc1. The Labute approximate surface area is 263 Å². The average molecular weight is 592 g/mol. The Bertz CT molecular complexity index is 2740. The number of rotatable bonds is 3. The van der Waals surface area contributed by atoms with E-state index in [2.05, 4.69) is 150 Å². The van der Waals surface area contributed by atoms with Gasteiger partial charge in [-0.05, 0) is 71.3 Å². The standard InChI is InChI=1S/C42H25NOS/c1-2-10-27(11-3-1)33-22-28(23-36-31-13-5-8-16-39(31)44-42(33)36)26-18-20-29(21-19-26)43-37-15-7-4-12-30(37)34-24-35-32-14-6-9-17-40(32)45-41(35)25-38(34)43/h1-25H. The van der Waals surface area contributed by atoms with Crippen molar-refractivity contribution in [1.82, 2.24) is 4.57 Å². The van der Waals surface area contributed by atoms with E-state index in [9.17, 15) is 0 Å². The van der Waals surface area contributed by atoms with E-state index in [0.29, 0.717) is 0 Å². The fourth-order valence-electron chi connectivity index (χ4n) is 7.09. The van der Waals surface area contributed by atoms with Crippen LogP contribution in [-0.2, 0) is 0 Å². The van der Waals surface area contributed by atoms with Crippen molar-refractivity contribution in [3.8, 4) is 27.9 Å². The first-order chi connectivity index (χ1) is 22.3. The van der Waals surface area contributed by atoms with Gasteiger partial charge in [-0.1, -0.05) is 97.1 Å². The van der Waals surface area contributed by atoms with Crippen LogP contribution >= 0.6 is 11.3 Å². The Morgan fingerprint density at radius 2 is 1.16 bits per heavy atom. The second-order valence-corrected chi connectivity index (χ2v) is 12.8. The summed E-state index contributed by atoms with van der Waals surface area (Å²) in [6.07, 6.45) is 0. The molecule has 0 amide bonds. The lowest BCUT2D eigenvalue weighted by molar-refractivity contribution is 0.670. The Kier molecular flexibility index (Phi) is 5.19. The van der Waals surface area contributed by atoms with E-state index in [-0.39, 0.29) is 0 Å². The highest BCUT2D eigenvalue weighted by atomic mass is 32.1. The zero-order valence-electron chi connectivity index (χ0n) is 24.2. The first kappa shape index (κ1) is 24.8. The van der Waals surface area contributed by atoms with Crippen LogP contribution in [0.1, 0.15) is 0 Å². The van der Waals surface area contributed by atoms with Crippen molar-refractivity contribution < 1.29 is 4.42 Å². The molecule has 0 aliphatic carbocycles. The first-order valence-corrected chi connectivity index (χ1v) is 16.1. The van der Waals surface area contributed by atoms with E-state index in [1.807, 2.05) is 17.4 Å². The second kappa shape index (κ2) is 9.43. The summed E-state index contributed by atoms with van der Waals surface area (Å²) >= 11 is 1.87. The molecule has 0 atom stereocenters. The quantitative estimate of drug-likeness (QED) is 0.200. The average Bonchev–Trinajstić information content (AvgIpc) is 3.76. The van der Waals surface area contributed by atoms with Crippen LogP contribution in [0.5, 0.6) is 0 Å². The molecule has 0 saturated heterocycles. The van der Waals surface area contributed by atoms with Gasteiger partial charge in [-0.3, -0.25) is 0 Å². The molecule has 0 spiro atoms. The number of nitrogens with zero attached hydrogens (tertiary/aromatic N) is 1. The molecule has 210 valence electrons. The van der Waals surface area contributed by atoms with Gasteiger partial charge in [0, 0.05) is 53.0 Å². The van der Waals surface area contributed by atoms with Crippen LogP contribution in [0.25, 0.3) is 91.9 Å². The van der Waals surface area contributed by atoms with Gasteiger partial charge in [0.25, 0.3) is 0 Å². The van der Waals surface area contributed by atoms with Crippen LogP contribution in [0.4, 0.5) is 0 Å². The van der Waals surface area contributed by atoms with Gasteiger partial charge in [-0.25, -0.2) is 0 Å². The monoisotopic (exact) mass is 591 g/mol. The smallest absolute Gasteiger partial charge is 0.143 e. The van der Waals surface area contributed by atoms with Crippen LogP contribution in [0.15, 0.2) is 156 Å². The van der Waals surface area contributed by atoms with Gasteiger partial charge in [0.2, 0.25) is 0 Å². The molecule has 0 fully saturated rings. The third-order valence-corrected chi connectivity index (χ3v) is 10.3. The van der Waals surface area contributed by atoms with E-state index >= 15 is 0 Å². The summed E-state index contributed by atoms with van der Waals surface area (Å²) in [5.41, 5.74) is 10.1. The van der Waals surface area contributed by atoms with Gasteiger partial charge in [-0.2, -0.15) is 0 Å². The van der Waals surface area contributed by atoms with Gasteiger partial charge >= 0.3 is 0 Å². The molecular weight excluding hydrogens is 567 g/mol. The molecule has 10 aromatic rings. The molecular formula is C42H25NOS. The number of fused-ring (bicyclic) bond motifs is 9. The number of hydrogen-bond acceptors (Lipinski definition) is 2. The minimum atomic E-state index is 0.913. The van der Waals surface area contributed by atoms with Crippen molar-refractivity contribution >= 4 is 75.3 Å². The number of aromatic nitrogens is 1. The highest BCUT2D eigenvalue weighted by Crippen LogP contribution is 2.42. The van der Waals surface area contributed by atoms with E-state index in [0.717, 1.165) is 38.8 Å². The minimum Gasteiger partial charge on any atom is -0.455 e. The summed E-state index contributed by atoms with van der Waals surface area (Å²) in [6, 6.07) is 54.7. The van der Waals surface area contributed by atoms with Crippen molar-refractivity contribution in [1.29, 1.82) is 0 Å². The maximum absolute atomic E-state index is 6.43. The Morgan fingerprint density at radius 1 is 0.422 bits per heavy atom.